The van der Waals surface area contributed by atoms with E-state index < -0.39 is 24.2 Å². The van der Waals surface area contributed by atoms with Gasteiger partial charge in [0.1, 0.15) is 11.4 Å². The van der Waals surface area contributed by atoms with Crippen LogP contribution in [0, 0.1) is 5.82 Å². The lowest BCUT2D eigenvalue weighted by atomic mass is 10.1. The lowest BCUT2D eigenvalue weighted by Gasteiger charge is -2.16. The monoisotopic (exact) mass is 433 g/mol. The number of aliphatic hydroxyl groups is 1. The van der Waals surface area contributed by atoms with Crippen molar-refractivity contribution in [1.82, 2.24) is 9.55 Å². The van der Waals surface area contributed by atoms with Crippen LogP contribution in [0.5, 0.6) is 5.88 Å². The fourth-order valence-electron chi connectivity index (χ4n) is 3.24. The lowest BCUT2D eigenvalue weighted by Crippen LogP contribution is -2.25. The van der Waals surface area contributed by atoms with Gasteiger partial charge in [-0.05, 0) is 29.8 Å². The molecule has 0 saturated carbocycles. The molecule has 0 radical (unpaired) electrons. The standard InChI is InChI=1S/C20H14Cl2FN3O3/c21-12-3-1-10(2-4-12)16(9-27)26-19(28)15(25-20(26)29)7-11-8-24-18-13(11)5-6-14(22)17(18)23/h1-8,16,27-28H,9H2,(H,25,29)/b11-7+. The van der Waals surface area contributed by atoms with Crippen molar-refractivity contribution in [2.24, 2.45) is 4.99 Å². The second-order valence-electron chi connectivity index (χ2n) is 6.40. The number of H-pyrrole nitrogens is 1. The molecule has 1 aromatic heterocycles. The third-order valence-electron chi connectivity index (χ3n) is 4.68. The molecule has 6 nitrogen and oxygen atoms in total. The molecule has 4 rings (SSSR count). The molecule has 0 amide bonds. The molecule has 148 valence electrons. The normalized spacial score (nSPS) is 15.1. The van der Waals surface area contributed by atoms with Crippen molar-refractivity contribution in [2.45, 2.75) is 6.04 Å². The Morgan fingerprint density at radius 2 is 1.93 bits per heavy atom. The van der Waals surface area contributed by atoms with Crippen molar-refractivity contribution in [3.63, 3.8) is 0 Å². The van der Waals surface area contributed by atoms with Gasteiger partial charge in [-0.25, -0.2) is 9.18 Å². The number of aliphatic hydroxyl groups excluding tert-OH is 1. The number of aromatic hydroxyl groups is 1. The number of hydrogen-bond acceptors (Lipinski definition) is 4. The molecule has 1 aliphatic heterocycles. The molecule has 1 atom stereocenters. The van der Waals surface area contributed by atoms with Gasteiger partial charge >= 0.3 is 5.69 Å². The van der Waals surface area contributed by atoms with Crippen LogP contribution < -0.4 is 5.69 Å². The van der Waals surface area contributed by atoms with Crippen LogP contribution in [0.2, 0.25) is 10.0 Å². The minimum absolute atomic E-state index is 0.0432. The maximum Gasteiger partial charge on any atom is 0.329 e. The Balaban J connectivity index is 1.77. The van der Waals surface area contributed by atoms with E-state index in [0.717, 1.165) is 4.57 Å². The Bertz CT molecular complexity index is 1210. The van der Waals surface area contributed by atoms with Gasteiger partial charge in [0.25, 0.3) is 0 Å². The first-order chi connectivity index (χ1) is 13.9. The first-order valence-corrected chi connectivity index (χ1v) is 9.30. The number of aromatic amines is 1. The Labute approximate surface area is 174 Å². The molecule has 0 fully saturated rings. The van der Waals surface area contributed by atoms with Crippen LogP contribution in [-0.2, 0) is 0 Å². The number of aliphatic imine (C=N–C) groups is 1. The van der Waals surface area contributed by atoms with Crippen LogP contribution in [-0.4, -0.2) is 32.6 Å². The third-order valence-corrected chi connectivity index (χ3v) is 5.23. The minimum atomic E-state index is -0.816. The van der Waals surface area contributed by atoms with Gasteiger partial charge in [-0.2, -0.15) is 0 Å². The molecule has 0 saturated heterocycles. The summed E-state index contributed by atoms with van der Waals surface area (Å²) >= 11 is 11.7. The molecule has 0 spiro atoms. The number of hydrogen-bond donors (Lipinski definition) is 3. The van der Waals surface area contributed by atoms with Gasteiger partial charge in [-0.15, -0.1) is 0 Å². The summed E-state index contributed by atoms with van der Waals surface area (Å²) in [6.45, 7) is -0.420. The number of nitrogens with one attached hydrogen (secondary N) is 1. The van der Waals surface area contributed by atoms with Crippen LogP contribution in [0.3, 0.4) is 0 Å². The Kier molecular flexibility index (Phi) is 5.04. The minimum Gasteiger partial charge on any atom is -0.493 e. The van der Waals surface area contributed by atoms with Gasteiger partial charge in [0.2, 0.25) is 5.88 Å². The van der Waals surface area contributed by atoms with E-state index in [1.165, 1.54) is 18.4 Å². The predicted octanol–water partition coefficient (Wildman–Crippen LogP) is 4.17. The molecular formula is C20H14Cl2FN3O3. The molecule has 29 heavy (non-hydrogen) atoms. The van der Waals surface area contributed by atoms with E-state index in [4.69, 9.17) is 23.2 Å². The Hall–Kier alpha value is -2.87. The van der Waals surface area contributed by atoms with Gasteiger partial charge in [0.15, 0.2) is 5.82 Å². The molecule has 1 unspecified atom stereocenters. The Morgan fingerprint density at radius 1 is 1.21 bits per heavy atom. The smallest absolute Gasteiger partial charge is 0.329 e. The highest BCUT2D eigenvalue weighted by molar-refractivity contribution is 6.32. The molecule has 0 bridgehead atoms. The van der Waals surface area contributed by atoms with Gasteiger partial charge in [-0.3, -0.25) is 9.56 Å². The number of allylic oxidation sites excluding steroid dienone is 1. The molecule has 2 heterocycles. The molecule has 2 aromatic carbocycles. The number of halogens is 3. The van der Waals surface area contributed by atoms with E-state index in [9.17, 15) is 19.4 Å². The average Bonchev–Trinajstić information content (AvgIpc) is 3.23. The zero-order valence-electron chi connectivity index (χ0n) is 14.7. The van der Waals surface area contributed by atoms with E-state index in [1.54, 1.807) is 30.3 Å². The summed E-state index contributed by atoms with van der Waals surface area (Å²) < 4.78 is 15.2. The number of nitrogens with zero attached hydrogens (tertiary/aromatic N) is 2. The zero-order valence-corrected chi connectivity index (χ0v) is 16.2. The summed E-state index contributed by atoms with van der Waals surface area (Å²) in [5.74, 6) is -1.00. The summed E-state index contributed by atoms with van der Waals surface area (Å²) in [4.78, 5) is 19.1. The maximum atomic E-state index is 14.1. The van der Waals surface area contributed by atoms with Gasteiger partial charge in [0, 0.05) is 22.4 Å². The number of imidazole rings is 1. The number of aromatic nitrogens is 2. The Morgan fingerprint density at radius 3 is 2.62 bits per heavy atom. The highest BCUT2D eigenvalue weighted by atomic mass is 35.5. The van der Waals surface area contributed by atoms with Crippen LogP contribution in [0.15, 0.2) is 46.2 Å². The number of fused-ring (bicyclic) bond motifs is 1. The van der Waals surface area contributed by atoms with E-state index >= 15 is 0 Å². The second kappa shape index (κ2) is 7.51. The first kappa shape index (κ1) is 19.4. The average molecular weight is 434 g/mol. The SMILES string of the molecule is O=c1[nH]c(/C=C2\C=Nc3c2ccc(Cl)c3F)c(O)n1C(CO)c1ccc(Cl)cc1. The van der Waals surface area contributed by atoms with Crippen LogP contribution in [0.25, 0.3) is 11.6 Å². The van der Waals surface area contributed by atoms with Crippen molar-refractivity contribution in [3.05, 3.63) is 79.6 Å². The van der Waals surface area contributed by atoms with Gasteiger partial charge in [-0.1, -0.05) is 41.4 Å². The zero-order chi connectivity index (χ0) is 20.7. The molecule has 3 N–H and O–H groups in total. The second-order valence-corrected chi connectivity index (χ2v) is 7.25. The largest absolute Gasteiger partial charge is 0.493 e. The maximum absolute atomic E-state index is 14.1. The summed E-state index contributed by atoms with van der Waals surface area (Å²) in [6, 6.07) is 8.78. The molecular weight excluding hydrogens is 420 g/mol. The third kappa shape index (κ3) is 3.37. The molecule has 3 aromatic rings. The summed E-state index contributed by atoms with van der Waals surface area (Å²) in [6.07, 6.45) is 2.90. The fraction of sp³-hybridized carbons (Fsp3) is 0.100. The molecule has 1 aliphatic rings. The molecule has 0 aliphatic carbocycles. The first-order valence-electron chi connectivity index (χ1n) is 8.54. The highest BCUT2D eigenvalue weighted by Crippen LogP contribution is 2.38. The van der Waals surface area contributed by atoms with Crippen molar-refractivity contribution in [2.75, 3.05) is 6.61 Å². The van der Waals surface area contributed by atoms with Crippen LogP contribution >= 0.6 is 23.2 Å². The van der Waals surface area contributed by atoms with Crippen molar-refractivity contribution < 1.29 is 14.6 Å². The summed E-state index contributed by atoms with van der Waals surface area (Å²) in [5.41, 5.74) is 1.16. The van der Waals surface area contributed by atoms with Gasteiger partial charge < -0.3 is 15.2 Å². The van der Waals surface area contributed by atoms with Crippen molar-refractivity contribution in [3.8, 4) is 5.88 Å². The lowest BCUT2D eigenvalue weighted by molar-refractivity contribution is 0.237. The van der Waals surface area contributed by atoms with E-state index in [1.807, 2.05) is 0 Å². The van der Waals surface area contributed by atoms with Crippen LogP contribution in [0.1, 0.15) is 22.9 Å². The number of benzene rings is 2. The topological polar surface area (TPSA) is 90.6 Å². The van der Waals surface area contributed by atoms with Gasteiger partial charge in [0.05, 0.1) is 17.7 Å². The van der Waals surface area contributed by atoms with Crippen LogP contribution in [0.4, 0.5) is 10.1 Å². The van der Waals surface area contributed by atoms with E-state index in [-0.39, 0.29) is 22.3 Å². The predicted molar refractivity (Wildman–Crippen MR) is 111 cm³/mol. The fourth-order valence-corrected chi connectivity index (χ4v) is 3.52. The van der Waals surface area contributed by atoms with E-state index in [0.29, 0.717) is 21.7 Å². The van der Waals surface area contributed by atoms with Crippen molar-refractivity contribution >= 4 is 46.8 Å². The molecule has 9 heteroatoms. The quantitative estimate of drug-likeness (QED) is 0.576. The van der Waals surface area contributed by atoms with Crippen molar-refractivity contribution in [1.29, 1.82) is 0 Å². The summed E-state index contributed by atoms with van der Waals surface area (Å²) in [5, 5.41) is 20.9. The number of rotatable bonds is 4. The summed E-state index contributed by atoms with van der Waals surface area (Å²) in [7, 11) is 0. The van der Waals surface area contributed by atoms with E-state index in [2.05, 4.69) is 9.98 Å². The highest BCUT2D eigenvalue weighted by Gasteiger charge is 2.23.